The second-order valence-electron chi connectivity index (χ2n) is 5.34. The molecule has 0 saturated carbocycles. The molecule has 1 aromatic carbocycles. The van der Waals surface area contributed by atoms with Crippen LogP contribution in [-0.2, 0) is 9.59 Å². The number of likely N-dealkylation sites (tertiary alicyclic amines) is 1. The Labute approximate surface area is 130 Å². The summed E-state index contributed by atoms with van der Waals surface area (Å²) < 4.78 is 10.9. The second kappa shape index (κ2) is 7.68. The number of carbonyl (C=O) groups excluding carboxylic acids is 2. The van der Waals surface area contributed by atoms with Gasteiger partial charge in [-0.3, -0.25) is 9.59 Å². The predicted molar refractivity (Wildman–Crippen MR) is 81.6 cm³/mol. The van der Waals surface area contributed by atoms with Crippen LogP contribution in [0.15, 0.2) is 24.3 Å². The van der Waals surface area contributed by atoms with E-state index in [-0.39, 0.29) is 24.3 Å². The smallest absolute Gasteiger partial charge is 0.260 e. The minimum absolute atomic E-state index is 0.0410. The maximum Gasteiger partial charge on any atom is 0.260 e. The van der Waals surface area contributed by atoms with Gasteiger partial charge < -0.3 is 20.1 Å². The van der Waals surface area contributed by atoms with Crippen molar-refractivity contribution in [3.05, 3.63) is 24.3 Å². The van der Waals surface area contributed by atoms with E-state index < -0.39 is 0 Å². The molecule has 2 amide bonds. The first-order chi connectivity index (χ1) is 10.6. The molecule has 1 saturated heterocycles. The highest BCUT2D eigenvalue weighted by atomic mass is 16.5. The van der Waals surface area contributed by atoms with Gasteiger partial charge in [0.05, 0.1) is 12.5 Å². The molecule has 2 rings (SSSR count). The Hall–Kier alpha value is -2.24. The normalized spacial score (nSPS) is 17.3. The molecule has 1 heterocycles. The lowest BCUT2D eigenvalue weighted by molar-refractivity contribution is -0.132. The average molecular weight is 306 g/mol. The van der Waals surface area contributed by atoms with Gasteiger partial charge >= 0.3 is 0 Å². The maximum atomic E-state index is 12.0. The zero-order valence-corrected chi connectivity index (χ0v) is 12.8. The van der Waals surface area contributed by atoms with Crippen molar-refractivity contribution in [2.45, 2.75) is 19.8 Å². The van der Waals surface area contributed by atoms with Gasteiger partial charge in [-0.15, -0.1) is 0 Å². The Balaban J connectivity index is 1.78. The molecule has 0 aliphatic carbocycles. The van der Waals surface area contributed by atoms with Crippen LogP contribution in [0.5, 0.6) is 11.5 Å². The van der Waals surface area contributed by atoms with Crippen molar-refractivity contribution < 1.29 is 19.1 Å². The zero-order chi connectivity index (χ0) is 15.9. The standard InChI is InChI=1S/C16H22N2O4/c1-2-9-21-13-3-5-14(6-4-13)22-11-15(19)18-8-7-12(10-18)16(17)20/h3-6,12H,2,7-11H2,1H3,(H2,17,20)/t12-/m1/s1. The number of rotatable bonds is 7. The summed E-state index contributed by atoms with van der Waals surface area (Å²) in [4.78, 5) is 24.7. The second-order valence-corrected chi connectivity index (χ2v) is 5.34. The summed E-state index contributed by atoms with van der Waals surface area (Å²) in [6.45, 7) is 3.63. The number of benzene rings is 1. The van der Waals surface area contributed by atoms with Crippen LogP contribution in [0.4, 0.5) is 0 Å². The van der Waals surface area contributed by atoms with Gasteiger partial charge in [-0.25, -0.2) is 0 Å². The summed E-state index contributed by atoms with van der Waals surface area (Å²) in [6, 6.07) is 7.17. The van der Waals surface area contributed by atoms with E-state index in [9.17, 15) is 9.59 Å². The van der Waals surface area contributed by atoms with E-state index in [1.807, 2.05) is 19.1 Å². The van der Waals surface area contributed by atoms with E-state index in [1.165, 1.54) is 0 Å². The summed E-state index contributed by atoms with van der Waals surface area (Å²) in [5, 5.41) is 0. The third-order valence-electron chi connectivity index (χ3n) is 3.60. The Morgan fingerprint density at radius 1 is 1.23 bits per heavy atom. The first-order valence-electron chi connectivity index (χ1n) is 7.53. The van der Waals surface area contributed by atoms with E-state index in [0.29, 0.717) is 31.9 Å². The van der Waals surface area contributed by atoms with Gasteiger partial charge in [0.2, 0.25) is 5.91 Å². The molecule has 6 nitrogen and oxygen atoms in total. The number of hydrogen-bond acceptors (Lipinski definition) is 4. The van der Waals surface area contributed by atoms with Gasteiger partial charge in [-0.2, -0.15) is 0 Å². The first-order valence-corrected chi connectivity index (χ1v) is 7.53. The van der Waals surface area contributed by atoms with Crippen LogP contribution in [-0.4, -0.2) is 43.0 Å². The molecule has 1 aromatic rings. The molecule has 120 valence electrons. The molecule has 1 aliphatic rings. The topological polar surface area (TPSA) is 81.9 Å². The maximum absolute atomic E-state index is 12.0. The van der Waals surface area contributed by atoms with Crippen molar-refractivity contribution >= 4 is 11.8 Å². The number of primary amides is 1. The predicted octanol–water partition coefficient (Wildman–Crippen LogP) is 1.19. The van der Waals surface area contributed by atoms with Gasteiger partial charge in [-0.1, -0.05) is 6.92 Å². The van der Waals surface area contributed by atoms with Gasteiger partial charge in [0.15, 0.2) is 6.61 Å². The van der Waals surface area contributed by atoms with Gasteiger partial charge in [0.1, 0.15) is 11.5 Å². The molecule has 6 heteroatoms. The largest absolute Gasteiger partial charge is 0.494 e. The Bertz CT molecular complexity index is 515. The molecule has 22 heavy (non-hydrogen) atoms. The van der Waals surface area contributed by atoms with Crippen molar-refractivity contribution in [3.63, 3.8) is 0 Å². The van der Waals surface area contributed by atoms with E-state index in [1.54, 1.807) is 17.0 Å². The molecule has 0 spiro atoms. The van der Waals surface area contributed by atoms with Crippen molar-refractivity contribution in [1.82, 2.24) is 4.90 Å². The Morgan fingerprint density at radius 2 is 1.86 bits per heavy atom. The molecule has 2 N–H and O–H groups in total. The van der Waals surface area contributed by atoms with Gasteiger partial charge in [-0.05, 0) is 37.1 Å². The minimum atomic E-state index is -0.348. The van der Waals surface area contributed by atoms with Crippen LogP contribution >= 0.6 is 0 Å². The number of carbonyl (C=O) groups is 2. The Morgan fingerprint density at radius 3 is 2.41 bits per heavy atom. The monoisotopic (exact) mass is 306 g/mol. The number of hydrogen-bond donors (Lipinski definition) is 1. The number of nitrogens with zero attached hydrogens (tertiary/aromatic N) is 1. The zero-order valence-electron chi connectivity index (χ0n) is 12.8. The molecular weight excluding hydrogens is 284 g/mol. The highest BCUT2D eigenvalue weighted by Crippen LogP contribution is 2.19. The summed E-state index contributed by atoms with van der Waals surface area (Å²) in [5.41, 5.74) is 5.25. The molecule has 0 bridgehead atoms. The highest BCUT2D eigenvalue weighted by Gasteiger charge is 2.29. The molecule has 1 fully saturated rings. The van der Waals surface area contributed by atoms with Crippen LogP contribution in [0, 0.1) is 5.92 Å². The minimum Gasteiger partial charge on any atom is -0.494 e. The summed E-state index contributed by atoms with van der Waals surface area (Å²) >= 11 is 0. The molecule has 1 atom stereocenters. The average Bonchev–Trinajstić information content (AvgIpc) is 3.02. The lowest BCUT2D eigenvalue weighted by Gasteiger charge is -2.16. The van der Waals surface area contributed by atoms with Crippen LogP contribution in [0.25, 0.3) is 0 Å². The summed E-state index contributed by atoms with van der Waals surface area (Å²) in [5.74, 6) is 0.681. The van der Waals surface area contributed by atoms with Gasteiger partial charge in [0.25, 0.3) is 5.91 Å². The fourth-order valence-corrected chi connectivity index (χ4v) is 2.31. The van der Waals surface area contributed by atoms with Crippen LogP contribution in [0.3, 0.4) is 0 Å². The third kappa shape index (κ3) is 4.38. The fourth-order valence-electron chi connectivity index (χ4n) is 2.31. The summed E-state index contributed by atoms with van der Waals surface area (Å²) in [6.07, 6.45) is 1.58. The van der Waals surface area contributed by atoms with Gasteiger partial charge in [0, 0.05) is 13.1 Å². The highest BCUT2D eigenvalue weighted by molar-refractivity contribution is 5.81. The van der Waals surface area contributed by atoms with Crippen molar-refractivity contribution in [1.29, 1.82) is 0 Å². The van der Waals surface area contributed by atoms with Crippen molar-refractivity contribution in [2.75, 3.05) is 26.3 Å². The number of ether oxygens (including phenoxy) is 2. The Kier molecular flexibility index (Phi) is 5.63. The SMILES string of the molecule is CCCOc1ccc(OCC(=O)N2CC[C@@H](C(N)=O)C2)cc1. The van der Waals surface area contributed by atoms with E-state index in [2.05, 4.69) is 0 Å². The number of amides is 2. The van der Waals surface area contributed by atoms with Crippen molar-refractivity contribution in [2.24, 2.45) is 11.7 Å². The lowest BCUT2D eigenvalue weighted by atomic mass is 10.1. The van der Waals surface area contributed by atoms with Crippen LogP contribution in [0.1, 0.15) is 19.8 Å². The number of nitrogens with two attached hydrogens (primary N) is 1. The van der Waals surface area contributed by atoms with E-state index in [4.69, 9.17) is 15.2 Å². The summed E-state index contributed by atoms with van der Waals surface area (Å²) in [7, 11) is 0. The molecule has 1 aliphatic heterocycles. The molecule has 0 unspecified atom stereocenters. The molecule has 0 radical (unpaired) electrons. The quantitative estimate of drug-likeness (QED) is 0.820. The van der Waals surface area contributed by atoms with Crippen molar-refractivity contribution in [3.8, 4) is 11.5 Å². The lowest BCUT2D eigenvalue weighted by Crippen LogP contribution is -2.34. The van der Waals surface area contributed by atoms with E-state index in [0.717, 1.165) is 12.2 Å². The first kappa shape index (κ1) is 16.1. The van der Waals surface area contributed by atoms with Crippen LogP contribution < -0.4 is 15.2 Å². The molecule has 0 aromatic heterocycles. The van der Waals surface area contributed by atoms with Crippen LogP contribution in [0.2, 0.25) is 0 Å². The fraction of sp³-hybridized carbons (Fsp3) is 0.500. The van der Waals surface area contributed by atoms with E-state index >= 15 is 0 Å². The third-order valence-corrected chi connectivity index (χ3v) is 3.60. The molecular formula is C16H22N2O4.